The van der Waals surface area contributed by atoms with Gasteiger partial charge in [-0.1, -0.05) is 0 Å². The van der Waals surface area contributed by atoms with Crippen LogP contribution >= 0.6 is 0 Å². The topological polar surface area (TPSA) is 110 Å². The molecule has 0 bridgehead atoms. The van der Waals surface area contributed by atoms with E-state index in [1.165, 1.54) is 0 Å². The van der Waals surface area contributed by atoms with Gasteiger partial charge in [0.25, 0.3) is 0 Å². The van der Waals surface area contributed by atoms with Gasteiger partial charge in [0.15, 0.2) is 0 Å². The molecule has 0 aromatic carbocycles. The lowest BCUT2D eigenvalue weighted by molar-refractivity contribution is -0.248. The van der Waals surface area contributed by atoms with Crippen LogP contribution in [0.3, 0.4) is 0 Å². The molecule has 0 aromatic heterocycles. The molecule has 1 aliphatic rings. The molecule has 1 rings (SSSR count). The average molecular weight is 180 g/mol. The summed E-state index contributed by atoms with van der Waals surface area (Å²) in [7, 11) is 0. The summed E-state index contributed by atoms with van der Waals surface area (Å²) < 4.78 is 4.63. The summed E-state index contributed by atoms with van der Waals surface area (Å²) in [4.78, 5) is 0. The van der Waals surface area contributed by atoms with Crippen LogP contribution in [0.5, 0.6) is 0 Å². The van der Waals surface area contributed by atoms with E-state index in [9.17, 15) is 5.11 Å². The number of aliphatic hydroxyl groups excluding tert-OH is 4. The Morgan fingerprint density at radius 2 is 1.83 bits per heavy atom. The SMILES string of the molecule is OC[C@@H]1O[C@](O)(CO)[C@H](O)[C@H]1O. The standard InChI is InChI=1S/C6H12O6/c7-1-3-4(9)5(10)6(11,2-8)12-3/h3-5,7-11H,1-2H2/t3-,4-,5+,6+/m0/s1. The molecule has 1 heterocycles. The van der Waals surface area contributed by atoms with E-state index in [2.05, 4.69) is 4.74 Å². The first-order chi connectivity index (χ1) is 5.55. The Balaban J connectivity index is 2.72. The van der Waals surface area contributed by atoms with Crippen molar-refractivity contribution in [3.05, 3.63) is 0 Å². The molecule has 6 nitrogen and oxygen atoms in total. The molecular weight excluding hydrogens is 168 g/mol. The third-order valence-electron chi connectivity index (χ3n) is 1.93. The Morgan fingerprint density at radius 3 is 2.08 bits per heavy atom. The largest absolute Gasteiger partial charge is 0.394 e. The van der Waals surface area contributed by atoms with E-state index in [-0.39, 0.29) is 0 Å². The Morgan fingerprint density at radius 1 is 1.25 bits per heavy atom. The van der Waals surface area contributed by atoms with Crippen molar-refractivity contribution in [2.75, 3.05) is 13.2 Å². The lowest BCUT2D eigenvalue weighted by Crippen LogP contribution is -2.46. The Kier molecular flexibility index (Phi) is 2.67. The molecule has 0 unspecified atom stereocenters. The van der Waals surface area contributed by atoms with Crippen LogP contribution in [0, 0.1) is 0 Å². The molecule has 6 heteroatoms. The van der Waals surface area contributed by atoms with Gasteiger partial charge in [0.1, 0.15) is 18.3 Å². The molecule has 0 spiro atoms. The van der Waals surface area contributed by atoms with Crippen LogP contribution in [0.4, 0.5) is 0 Å². The molecule has 0 aromatic rings. The molecule has 0 amide bonds. The minimum Gasteiger partial charge on any atom is -0.394 e. The molecule has 1 fully saturated rings. The summed E-state index contributed by atoms with van der Waals surface area (Å²) in [6.07, 6.45) is -4.04. The number of aliphatic hydroxyl groups is 5. The summed E-state index contributed by atoms with van der Waals surface area (Å²) in [6, 6.07) is 0. The smallest absolute Gasteiger partial charge is 0.219 e. The molecular formula is C6H12O6. The van der Waals surface area contributed by atoms with Gasteiger partial charge in [0.2, 0.25) is 5.79 Å². The van der Waals surface area contributed by atoms with Crippen LogP contribution in [0.1, 0.15) is 0 Å². The Hall–Kier alpha value is -0.240. The zero-order valence-electron chi connectivity index (χ0n) is 6.29. The zero-order chi connectivity index (χ0) is 9.35. The highest BCUT2D eigenvalue weighted by molar-refractivity contribution is 4.94. The molecule has 0 saturated carbocycles. The van der Waals surface area contributed by atoms with E-state index in [0.29, 0.717) is 0 Å². The minimum atomic E-state index is -2.16. The van der Waals surface area contributed by atoms with E-state index in [1.54, 1.807) is 0 Å². The molecule has 5 N–H and O–H groups in total. The van der Waals surface area contributed by atoms with Crippen LogP contribution < -0.4 is 0 Å². The molecule has 1 aliphatic heterocycles. The van der Waals surface area contributed by atoms with Crippen LogP contribution in [0.25, 0.3) is 0 Å². The van der Waals surface area contributed by atoms with Gasteiger partial charge in [0.05, 0.1) is 13.2 Å². The van der Waals surface area contributed by atoms with Gasteiger partial charge in [-0.05, 0) is 0 Å². The van der Waals surface area contributed by atoms with E-state index in [0.717, 1.165) is 0 Å². The fourth-order valence-corrected chi connectivity index (χ4v) is 1.15. The fraction of sp³-hybridized carbons (Fsp3) is 1.00. The summed E-state index contributed by atoms with van der Waals surface area (Å²) in [5.74, 6) is -2.16. The first-order valence-electron chi connectivity index (χ1n) is 3.53. The molecule has 4 atom stereocenters. The maximum atomic E-state index is 9.25. The first kappa shape index (κ1) is 9.85. The predicted molar refractivity (Wildman–Crippen MR) is 36.0 cm³/mol. The van der Waals surface area contributed by atoms with Crippen molar-refractivity contribution in [1.29, 1.82) is 0 Å². The molecule has 1 saturated heterocycles. The second kappa shape index (κ2) is 3.25. The quantitative estimate of drug-likeness (QED) is 0.306. The maximum Gasteiger partial charge on any atom is 0.219 e. The van der Waals surface area contributed by atoms with Crippen molar-refractivity contribution in [3.63, 3.8) is 0 Å². The Bertz CT molecular complexity index is 162. The van der Waals surface area contributed by atoms with Crippen LogP contribution in [-0.4, -0.2) is 62.8 Å². The predicted octanol–water partition coefficient (Wildman–Crippen LogP) is -3.22. The number of ether oxygens (including phenoxy) is 1. The van der Waals surface area contributed by atoms with Crippen molar-refractivity contribution >= 4 is 0 Å². The van der Waals surface area contributed by atoms with E-state index >= 15 is 0 Å². The van der Waals surface area contributed by atoms with Gasteiger partial charge < -0.3 is 30.3 Å². The van der Waals surface area contributed by atoms with Gasteiger partial charge in [-0.15, -0.1) is 0 Å². The van der Waals surface area contributed by atoms with Crippen LogP contribution in [0.2, 0.25) is 0 Å². The highest BCUT2D eigenvalue weighted by Crippen LogP contribution is 2.28. The minimum absolute atomic E-state index is 0.527. The van der Waals surface area contributed by atoms with E-state index in [1.807, 2.05) is 0 Å². The monoisotopic (exact) mass is 180 g/mol. The number of rotatable bonds is 2. The molecule has 0 aliphatic carbocycles. The lowest BCUT2D eigenvalue weighted by Gasteiger charge is -2.22. The highest BCUT2D eigenvalue weighted by Gasteiger charge is 2.52. The molecule has 72 valence electrons. The van der Waals surface area contributed by atoms with Crippen molar-refractivity contribution in [2.45, 2.75) is 24.1 Å². The van der Waals surface area contributed by atoms with Crippen molar-refractivity contribution in [3.8, 4) is 0 Å². The third-order valence-corrected chi connectivity index (χ3v) is 1.93. The third kappa shape index (κ3) is 1.33. The number of hydrogen-bond donors (Lipinski definition) is 5. The Labute approximate surface area is 68.6 Å². The van der Waals surface area contributed by atoms with Gasteiger partial charge >= 0.3 is 0 Å². The highest BCUT2D eigenvalue weighted by atomic mass is 16.7. The normalized spacial score (nSPS) is 48.2. The first-order valence-corrected chi connectivity index (χ1v) is 3.53. The van der Waals surface area contributed by atoms with Crippen LogP contribution in [0.15, 0.2) is 0 Å². The van der Waals surface area contributed by atoms with Gasteiger partial charge in [-0.3, -0.25) is 0 Å². The lowest BCUT2D eigenvalue weighted by atomic mass is 10.1. The fourth-order valence-electron chi connectivity index (χ4n) is 1.15. The van der Waals surface area contributed by atoms with E-state index < -0.39 is 37.3 Å². The van der Waals surface area contributed by atoms with Crippen LogP contribution in [-0.2, 0) is 4.74 Å². The molecule has 0 radical (unpaired) electrons. The molecule has 12 heavy (non-hydrogen) atoms. The second-order valence-corrected chi connectivity index (χ2v) is 2.78. The number of hydrogen-bond acceptors (Lipinski definition) is 6. The summed E-state index contributed by atoms with van der Waals surface area (Å²) in [5, 5.41) is 44.7. The van der Waals surface area contributed by atoms with Crippen molar-refractivity contribution in [2.24, 2.45) is 0 Å². The summed E-state index contributed by atoms with van der Waals surface area (Å²) >= 11 is 0. The van der Waals surface area contributed by atoms with E-state index in [4.69, 9.17) is 20.4 Å². The summed E-state index contributed by atoms with van der Waals surface area (Å²) in [5.41, 5.74) is 0. The summed E-state index contributed by atoms with van der Waals surface area (Å²) in [6.45, 7) is -1.36. The second-order valence-electron chi connectivity index (χ2n) is 2.78. The zero-order valence-corrected chi connectivity index (χ0v) is 6.29. The van der Waals surface area contributed by atoms with Crippen molar-refractivity contribution < 1.29 is 30.3 Å². The van der Waals surface area contributed by atoms with Gasteiger partial charge in [-0.25, -0.2) is 0 Å². The maximum absolute atomic E-state index is 9.25. The van der Waals surface area contributed by atoms with Gasteiger partial charge in [-0.2, -0.15) is 0 Å². The van der Waals surface area contributed by atoms with Gasteiger partial charge in [0, 0.05) is 0 Å². The average Bonchev–Trinajstić information content (AvgIpc) is 2.31. The van der Waals surface area contributed by atoms with Crippen molar-refractivity contribution in [1.82, 2.24) is 0 Å².